The van der Waals surface area contributed by atoms with Crippen molar-refractivity contribution in [1.82, 2.24) is 4.90 Å². The highest BCUT2D eigenvalue weighted by molar-refractivity contribution is 6.07. The standard InChI is InChI=1S/C29H38F3N3O4/c1-6-28(4,5)23-10-8-21(14-26(23)38-12-11-35-16-18(2)39-19(3)17-35)34-27(37)22-9-7-20(13-25(22)36)24(33)15-29(30,31)32/h7-10,13-14,18-19,33,36H,6,11-12,15-17H2,1-5H3,(H,34,37)/t18-,19?/m1/s1. The fourth-order valence-electron chi connectivity index (χ4n) is 4.63. The summed E-state index contributed by atoms with van der Waals surface area (Å²) in [5.74, 6) is -0.494. The van der Waals surface area contributed by atoms with E-state index in [2.05, 4.69) is 44.8 Å². The van der Waals surface area contributed by atoms with E-state index in [1.165, 1.54) is 12.1 Å². The maximum Gasteiger partial charge on any atom is 0.394 e. The van der Waals surface area contributed by atoms with Crippen LogP contribution in [0.4, 0.5) is 18.9 Å². The molecule has 1 aliphatic rings. The SMILES string of the molecule is CCC(C)(C)c1ccc(NC(=O)c2ccc(C(=N)CC(F)(F)F)cc2O)cc1OCCN1CC(C)O[C@H](C)C1. The van der Waals surface area contributed by atoms with E-state index in [1.54, 1.807) is 12.1 Å². The number of hydrogen-bond acceptors (Lipinski definition) is 6. The van der Waals surface area contributed by atoms with Gasteiger partial charge in [-0.1, -0.05) is 32.9 Å². The van der Waals surface area contributed by atoms with Gasteiger partial charge in [-0.3, -0.25) is 9.69 Å². The fourth-order valence-corrected chi connectivity index (χ4v) is 4.63. The number of alkyl halides is 3. The Morgan fingerprint density at radius 2 is 1.82 bits per heavy atom. The molecule has 0 bridgehead atoms. The van der Waals surface area contributed by atoms with Crippen molar-refractivity contribution in [1.29, 1.82) is 5.41 Å². The summed E-state index contributed by atoms with van der Waals surface area (Å²) in [6.45, 7) is 13.3. The second kappa shape index (κ2) is 12.4. The summed E-state index contributed by atoms with van der Waals surface area (Å²) in [7, 11) is 0. The molecule has 214 valence electrons. The number of morpholine rings is 1. The van der Waals surface area contributed by atoms with Crippen LogP contribution in [0.1, 0.15) is 68.9 Å². The number of rotatable bonds is 10. The van der Waals surface area contributed by atoms with Crippen LogP contribution in [0.25, 0.3) is 0 Å². The van der Waals surface area contributed by atoms with E-state index in [1.807, 2.05) is 6.07 Å². The van der Waals surface area contributed by atoms with E-state index in [-0.39, 0.29) is 28.7 Å². The minimum Gasteiger partial charge on any atom is -0.507 e. The Balaban J connectivity index is 1.75. The van der Waals surface area contributed by atoms with Gasteiger partial charge in [0.1, 0.15) is 18.1 Å². The van der Waals surface area contributed by atoms with Crippen molar-refractivity contribution in [2.75, 3.05) is 31.6 Å². The van der Waals surface area contributed by atoms with E-state index >= 15 is 0 Å². The summed E-state index contributed by atoms with van der Waals surface area (Å²) in [5, 5.41) is 20.7. The highest BCUT2D eigenvalue weighted by Crippen LogP contribution is 2.36. The molecule has 1 heterocycles. The van der Waals surface area contributed by atoms with Crippen molar-refractivity contribution in [2.24, 2.45) is 0 Å². The van der Waals surface area contributed by atoms with Gasteiger partial charge in [-0.05, 0) is 55.0 Å². The smallest absolute Gasteiger partial charge is 0.394 e. The Bertz CT molecular complexity index is 1170. The molecule has 1 unspecified atom stereocenters. The zero-order valence-electron chi connectivity index (χ0n) is 23.1. The Morgan fingerprint density at radius 3 is 2.41 bits per heavy atom. The summed E-state index contributed by atoms with van der Waals surface area (Å²) in [5.41, 5.74) is 0.368. The third-order valence-corrected chi connectivity index (χ3v) is 6.98. The number of nitrogens with one attached hydrogen (secondary N) is 2. The normalized spacial score (nSPS) is 18.6. The minimum absolute atomic E-state index is 0.104. The van der Waals surface area contributed by atoms with Gasteiger partial charge in [-0.15, -0.1) is 0 Å². The van der Waals surface area contributed by atoms with E-state index in [0.717, 1.165) is 37.7 Å². The largest absolute Gasteiger partial charge is 0.507 e. The van der Waals surface area contributed by atoms with E-state index in [4.69, 9.17) is 14.9 Å². The van der Waals surface area contributed by atoms with Crippen LogP contribution in [0.2, 0.25) is 0 Å². The molecule has 3 N–H and O–H groups in total. The molecule has 1 aliphatic heterocycles. The van der Waals surface area contributed by atoms with Crippen LogP contribution < -0.4 is 10.1 Å². The number of amides is 1. The Hall–Kier alpha value is -3.11. The Labute approximate surface area is 227 Å². The van der Waals surface area contributed by atoms with Crippen molar-refractivity contribution >= 4 is 17.3 Å². The number of ether oxygens (including phenoxy) is 2. The van der Waals surface area contributed by atoms with Gasteiger partial charge in [0.15, 0.2) is 0 Å². The van der Waals surface area contributed by atoms with Crippen LogP contribution in [0.5, 0.6) is 11.5 Å². The molecule has 0 aliphatic carbocycles. The molecule has 1 fully saturated rings. The number of nitrogens with zero attached hydrogens (tertiary/aromatic N) is 1. The molecule has 0 spiro atoms. The molecular weight excluding hydrogens is 511 g/mol. The van der Waals surface area contributed by atoms with Crippen LogP contribution in [0.3, 0.4) is 0 Å². The van der Waals surface area contributed by atoms with Gasteiger partial charge in [0.2, 0.25) is 0 Å². The quantitative estimate of drug-likeness (QED) is 0.310. The van der Waals surface area contributed by atoms with Gasteiger partial charge in [0.25, 0.3) is 5.91 Å². The lowest BCUT2D eigenvalue weighted by molar-refractivity contribution is -0.121. The number of carbonyl (C=O) groups excluding carboxylic acids is 1. The van der Waals surface area contributed by atoms with Crippen molar-refractivity contribution in [3.05, 3.63) is 53.1 Å². The average Bonchev–Trinajstić information content (AvgIpc) is 2.82. The third-order valence-electron chi connectivity index (χ3n) is 6.98. The molecule has 7 nitrogen and oxygen atoms in total. The monoisotopic (exact) mass is 549 g/mol. The van der Waals surface area contributed by atoms with Crippen LogP contribution in [-0.4, -0.2) is 66.3 Å². The first-order valence-corrected chi connectivity index (χ1v) is 13.1. The molecule has 0 saturated carbocycles. The van der Waals surface area contributed by atoms with Crippen molar-refractivity contribution < 1.29 is 32.5 Å². The summed E-state index contributed by atoms with van der Waals surface area (Å²) >= 11 is 0. The molecule has 3 rings (SSSR count). The number of anilines is 1. The van der Waals surface area contributed by atoms with Crippen molar-refractivity contribution in [2.45, 2.75) is 71.3 Å². The molecule has 0 aromatic heterocycles. The summed E-state index contributed by atoms with van der Waals surface area (Å²) < 4.78 is 49.9. The lowest BCUT2D eigenvalue weighted by Gasteiger charge is -2.35. The first-order chi connectivity index (χ1) is 18.2. The summed E-state index contributed by atoms with van der Waals surface area (Å²) in [6.07, 6.45) is -4.78. The number of benzene rings is 2. The Kier molecular flexibility index (Phi) is 9.66. The van der Waals surface area contributed by atoms with Crippen molar-refractivity contribution in [3.63, 3.8) is 0 Å². The van der Waals surface area contributed by atoms with Gasteiger partial charge < -0.3 is 25.3 Å². The van der Waals surface area contributed by atoms with Crippen LogP contribution in [0.15, 0.2) is 36.4 Å². The molecule has 1 amide bonds. The molecule has 39 heavy (non-hydrogen) atoms. The second-order valence-electron chi connectivity index (χ2n) is 10.8. The topological polar surface area (TPSA) is 94.9 Å². The highest BCUT2D eigenvalue weighted by atomic mass is 19.4. The van der Waals surface area contributed by atoms with Crippen molar-refractivity contribution in [3.8, 4) is 11.5 Å². The molecule has 1 saturated heterocycles. The molecule has 2 atom stereocenters. The predicted octanol–water partition coefficient (Wildman–Crippen LogP) is 6.14. The van der Waals surface area contributed by atoms with E-state index < -0.39 is 30.0 Å². The summed E-state index contributed by atoms with van der Waals surface area (Å²) in [4.78, 5) is 15.2. The first-order valence-electron chi connectivity index (χ1n) is 13.1. The molecule has 2 aromatic rings. The first kappa shape index (κ1) is 30.4. The van der Waals surface area contributed by atoms with Crippen LogP contribution in [0, 0.1) is 5.41 Å². The van der Waals surface area contributed by atoms with Crippen LogP contribution >= 0.6 is 0 Å². The van der Waals surface area contributed by atoms with Gasteiger partial charge >= 0.3 is 6.18 Å². The number of hydrogen-bond donors (Lipinski definition) is 3. The second-order valence-corrected chi connectivity index (χ2v) is 10.8. The van der Waals surface area contributed by atoms with E-state index in [9.17, 15) is 23.1 Å². The maximum atomic E-state index is 12.9. The fraction of sp³-hybridized carbons (Fsp3) is 0.517. The van der Waals surface area contributed by atoms with Gasteiger partial charge in [0, 0.05) is 37.1 Å². The average molecular weight is 550 g/mol. The van der Waals surface area contributed by atoms with Gasteiger partial charge in [-0.2, -0.15) is 13.2 Å². The minimum atomic E-state index is -4.54. The van der Waals surface area contributed by atoms with Gasteiger partial charge in [-0.25, -0.2) is 0 Å². The third kappa shape index (κ3) is 8.44. The number of phenols is 1. The molecule has 0 radical (unpaired) electrons. The predicted molar refractivity (Wildman–Crippen MR) is 145 cm³/mol. The van der Waals surface area contributed by atoms with Gasteiger partial charge in [0.05, 0.1) is 24.2 Å². The molecule has 2 aromatic carbocycles. The van der Waals surface area contributed by atoms with E-state index in [0.29, 0.717) is 18.0 Å². The van der Waals surface area contributed by atoms with Crippen LogP contribution in [-0.2, 0) is 10.2 Å². The lowest BCUT2D eigenvalue weighted by atomic mass is 9.81. The lowest BCUT2D eigenvalue weighted by Crippen LogP contribution is -2.46. The number of phenolic OH excluding ortho intramolecular Hbond substituents is 1. The Morgan fingerprint density at radius 1 is 1.15 bits per heavy atom. The number of aromatic hydroxyl groups is 1. The summed E-state index contributed by atoms with van der Waals surface area (Å²) in [6, 6.07) is 8.85. The number of halogens is 3. The molecule has 10 heteroatoms. The highest BCUT2D eigenvalue weighted by Gasteiger charge is 2.30. The zero-order chi connectivity index (χ0) is 29.0. The number of carbonyl (C=O) groups is 1. The molecular formula is C29H38F3N3O4. The maximum absolute atomic E-state index is 12.9. The zero-order valence-corrected chi connectivity index (χ0v) is 23.1.